The van der Waals surface area contributed by atoms with Crippen LogP contribution in [0.5, 0.6) is 0 Å². The fourth-order valence-electron chi connectivity index (χ4n) is 0.933. The molecule has 12 heavy (non-hydrogen) atoms. The van der Waals surface area contributed by atoms with E-state index in [1.54, 1.807) is 11.3 Å². The summed E-state index contributed by atoms with van der Waals surface area (Å²) in [6.07, 6.45) is 0. The molecule has 64 valence electrons. The van der Waals surface area contributed by atoms with Gasteiger partial charge in [0.25, 0.3) is 0 Å². The van der Waals surface area contributed by atoms with E-state index in [-0.39, 0.29) is 0 Å². The Labute approximate surface area is 76.0 Å². The molecule has 0 spiro atoms. The number of nitrogens with zero attached hydrogens (tertiary/aromatic N) is 2. The van der Waals surface area contributed by atoms with Gasteiger partial charge in [-0.3, -0.25) is 4.99 Å². The lowest BCUT2D eigenvalue weighted by Crippen LogP contribution is -2.24. The molecule has 0 aliphatic heterocycles. The van der Waals surface area contributed by atoms with Crippen molar-refractivity contribution < 1.29 is 0 Å². The predicted molar refractivity (Wildman–Crippen MR) is 54.8 cm³/mol. The van der Waals surface area contributed by atoms with Crippen LogP contribution in [0.15, 0.2) is 10.5 Å². The van der Waals surface area contributed by atoms with Crippen LogP contribution < -0.4 is 9.88 Å². The van der Waals surface area contributed by atoms with E-state index in [1.807, 2.05) is 12.4 Å². The van der Waals surface area contributed by atoms with E-state index >= 15 is 0 Å². The quantitative estimate of drug-likeness (QED) is 0.595. The number of thiazole rings is 1. The Balaban J connectivity index is 3.68. The van der Waals surface area contributed by atoms with Crippen molar-refractivity contribution in [3.8, 4) is 0 Å². The summed E-state index contributed by atoms with van der Waals surface area (Å²) in [6, 6.07) is 0. The highest BCUT2D eigenvalue weighted by Gasteiger charge is 1.94. The first kappa shape index (κ1) is 9.13. The minimum absolute atomic E-state index is 0.896. The molecule has 0 amide bonds. The van der Waals surface area contributed by atoms with Crippen LogP contribution in [0.2, 0.25) is 0 Å². The van der Waals surface area contributed by atoms with Crippen molar-refractivity contribution in [1.82, 2.24) is 4.98 Å². The number of aromatic nitrogens is 1. The van der Waals surface area contributed by atoms with Crippen molar-refractivity contribution in [2.45, 2.75) is 20.8 Å². The molecule has 0 aromatic carbocycles. The van der Waals surface area contributed by atoms with Crippen LogP contribution in [-0.4, -0.2) is 11.7 Å². The summed E-state index contributed by atoms with van der Waals surface area (Å²) in [5.74, 6) is 0. The van der Waals surface area contributed by atoms with Crippen molar-refractivity contribution in [1.29, 1.82) is 0 Å². The first-order chi connectivity index (χ1) is 5.66. The molecule has 2 nitrogen and oxygen atoms in total. The molecule has 0 aliphatic rings. The molecule has 1 aromatic rings. The second-order valence-electron chi connectivity index (χ2n) is 2.77. The normalized spacial score (nSPS) is 12.6. The summed E-state index contributed by atoms with van der Waals surface area (Å²) >= 11 is 1.64. The molecule has 1 heterocycles. The van der Waals surface area contributed by atoms with Gasteiger partial charge in [0, 0.05) is 0 Å². The third-order valence-corrected chi connectivity index (χ3v) is 2.65. The molecule has 0 N–H and O–H groups in total. The third-order valence-electron chi connectivity index (χ3n) is 1.60. The monoisotopic (exact) mass is 180 g/mol. The van der Waals surface area contributed by atoms with Gasteiger partial charge < -0.3 is 0 Å². The third kappa shape index (κ3) is 1.61. The lowest BCUT2D eigenvalue weighted by molar-refractivity contribution is 1.26. The summed E-state index contributed by atoms with van der Waals surface area (Å²) in [5.41, 5.74) is 4.01. The zero-order chi connectivity index (χ0) is 9.14. The van der Waals surface area contributed by atoms with E-state index in [4.69, 9.17) is 0 Å². The Morgan fingerprint density at radius 2 is 2.17 bits per heavy atom. The van der Waals surface area contributed by atoms with Crippen molar-refractivity contribution >= 4 is 29.3 Å². The van der Waals surface area contributed by atoms with Crippen LogP contribution in [0, 0.1) is 0 Å². The fraction of sp³-hybridized carbons (Fsp3) is 0.333. The Hall–Kier alpha value is -0.960. The van der Waals surface area contributed by atoms with E-state index in [1.165, 1.54) is 10.1 Å². The number of aliphatic imine (C=N–C) groups is 1. The topological polar surface area (TPSA) is 25.2 Å². The maximum absolute atomic E-state index is 4.24. The van der Waals surface area contributed by atoms with Crippen LogP contribution in [-0.2, 0) is 0 Å². The summed E-state index contributed by atoms with van der Waals surface area (Å²) in [6.45, 7) is 9.56. The van der Waals surface area contributed by atoms with Crippen LogP contribution in [0.25, 0.3) is 11.3 Å². The molecule has 0 saturated heterocycles. The van der Waals surface area contributed by atoms with Crippen LogP contribution >= 0.6 is 11.3 Å². The standard InChI is InChI=1S/C9H12N2S/c1-6(2)9-8(7(3)10-4)11-5-12-9/h5H,4H2,1-3H3/b8-7+. The van der Waals surface area contributed by atoms with Crippen molar-refractivity contribution in [3.63, 3.8) is 0 Å². The largest absolute Gasteiger partial charge is 0.267 e. The first-order valence-electron chi connectivity index (χ1n) is 3.71. The lowest BCUT2D eigenvalue weighted by Gasteiger charge is -1.87. The summed E-state index contributed by atoms with van der Waals surface area (Å²) < 4.78 is 1.21. The van der Waals surface area contributed by atoms with E-state index in [0.717, 1.165) is 11.0 Å². The zero-order valence-electron chi connectivity index (χ0n) is 7.59. The van der Waals surface area contributed by atoms with Crippen molar-refractivity contribution in [2.24, 2.45) is 4.99 Å². The highest BCUT2D eigenvalue weighted by atomic mass is 32.1. The molecular formula is C9H12N2S. The molecule has 1 aromatic heterocycles. The lowest BCUT2D eigenvalue weighted by atomic mass is 10.3. The number of hydrogen-bond donors (Lipinski definition) is 0. The summed E-state index contributed by atoms with van der Waals surface area (Å²) in [5, 5.41) is 0.968. The molecule has 0 unspecified atom stereocenters. The van der Waals surface area contributed by atoms with Gasteiger partial charge >= 0.3 is 0 Å². The van der Waals surface area contributed by atoms with E-state index in [9.17, 15) is 0 Å². The van der Waals surface area contributed by atoms with Gasteiger partial charge in [-0.15, -0.1) is 11.3 Å². The Bertz CT molecular complexity index is 396. The molecule has 0 radical (unpaired) electrons. The minimum Gasteiger partial charge on any atom is -0.267 e. The van der Waals surface area contributed by atoms with Gasteiger partial charge in [-0.2, -0.15) is 0 Å². The Morgan fingerprint density at radius 3 is 2.67 bits per heavy atom. The van der Waals surface area contributed by atoms with Gasteiger partial charge in [-0.05, 0) is 27.5 Å². The van der Waals surface area contributed by atoms with E-state index in [2.05, 4.69) is 30.5 Å². The van der Waals surface area contributed by atoms with Crippen LogP contribution in [0.1, 0.15) is 20.8 Å². The maximum atomic E-state index is 4.24. The summed E-state index contributed by atoms with van der Waals surface area (Å²) in [7, 11) is 0. The first-order valence-corrected chi connectivity index (χ1v) is 4.59. The summed E-state index contributed by atoms with van der Waals surface area (Å²) in [4.78, 5) is 8.11. The average Bonchev–Trinajstić information content (AvgIpc) is 2.50. The van der Waals surface area contributed by atoms with Gasteiger partial charge in [-0.1, -0.05) is 5.57 Å². The van der Waals surface area contributed by atoms with Crippen molar-refractivity contribution in [2.75, 3.05) is 0 Å². The van der Waals surface area contributed by atoms with Crippen LogP contribution in [0.3, 0.4) is 0 Å². The van der Waals surface area contributed by atoms with E-state index in [0.29, 0.717) is 0 Å². The fourth-order valence-corrected chi connectivity index (χ4v) is 1.74. The molecule has 0 aliphatic carbocycles. The molecule has 0 saturated carbocycles. The Morgan fingerprint density at radius 1 is 1.50 bits per heavy atom. The van der Waals surface area contributed by atoms with Crippen LogP contribution in [0.4, 0.5) is 0 Å². The van der Waals surface area contributed by atoms with Gasteiger partial charge in [0.05, 0.1) is 15.7 Å². The second kappa shape index (κ2) is 3.63. The molecule has 0 fully saturated rings. The molecule has 0 bridgehead atoms. The van der Waals surface area contributed by atoms with Crippen molar-refractivity contribution in [3.05, 3.63) is 15.4 Å². The highest BCUT2D eigenvalue weighted by Crippen LogP contribution is 1.91. The predicted octanol–water partition coefficient (Wildman–Crippen LogP) is 1.16. The van der Waals surface area contributed by atoms with Gasteiger partial charge in [0.1, 0.15) is 5.35 Å². The SMILES string of the molecule is C=N/C(C)=c1/ncsc1=C(C)C. The molecule has 0 atom stereocenters. The maximum Gasteiger partial charge on any atom is 0.102 e. The second-order valence-corrected chi connectivity index (χ2v) is 3.63. The van der Waals surface area contributed by atoms with E-state index < -0.39 is 0 Å². The minimum atomic E-state index is 0.896. The molecular weight excluding hydrogens is 168 g/mol. The zero-order valence-corrected chi connectivity index (χ0v) is 8.40. The number of hydrogen-bond acceptors (Lipinski definition) is 3. The van der Waals surface area contributed by atoms with Gasteiger partial charge in [0.2, 0.25) is 0 Å². The average molecular weight is 180 g/mol. The Kier molecular flexibility index (Phi) is 2.76. The molecule has 3 heteroatoms. The molecule has 1 rings (SSSR count). The van der Waals surface area contributed by atoms with Gasteiger partial charge in [0.15, 0.2) is 0 Å². The smallest absolute Gasteiger partial charge is 0.102 e. The van der Waals surface area contributed by atoms with Gasteiger partial charge in [-0.25, -0.2) is 4.98 Å². The highest BCUT2D eigenvalue weighted by molar-refractivity contribution is 7.07. The number of rotatable bonds is 1.